The number of carbonyl (C=O) groups is 7. The number of carbonyl (C=O) groups excluding carboxylic acids is 5. The smallest absolute Gasteiger partial charge is 0.480 e. The lowest BCUT2D eigenvalue weighted by molar-refractivity contribution is -0.144. The second kappa shape index (κ2) is 19.4. The van der Waals surface area contributed by atoms with Gasteiger partial charge in [-0.15, -0.1) is 0 Å². The molecule has 2 fully saturated rings. The van der Waals surface area contributed by atoms with Crippen molar-refractivity contribution < 1.29 is 72.2 Å². The van der Waals surface area contributed by atoms with Crippen LogP contribution in [0.4, 0.5) is 24.0 Å². The van der Waals surface area contributed by atoms with Gasteiger partial charge in [0, 0.05) is 19.5 Å². The van der Waals surface area contributed by atoms with Crippen LogP contribution >= 0.6 is 0 Å². The Labute approximate surface area is 324 Å². The number of nitrogens with two attached hydrogens (primary N) is 1. The molecule has 2 rings (SSSR count). The fraction of sp³-hybridized carbons (Fsp3) is 0.806. The van der Waals surface area contributed by atoms with Gasteiger partial charge in [-0.3, -0.25) is 4.79 Å². The van der Waals surface area contributed by atoms with Gasteiger partial charge in [0.2, 0.25) is 0 Å². The minimum Gasteiger partial charge on any atom is -0.480 e. The second-order valence-electron chi connectivity index (χ2n) is 17.8. The highest BCUT2D eigenvalue weighted by molar-refractivity contribution is 5.86. The van der Waals surface area contributed by atoms with E-state index in [9.17, 15) is 38.7 Å². The SMILES string of the molecule is C.CC(C)(C)OC(=O)N1CCC(N)(C(=O)O)C1.CC(C)(C)OC(=O)NC1(C(=O)O)CCN(C(=O)OC(C)(C)C)C1.CC(C)(C)OC(=O)OC(=O)OC(C)(C)C. The van der Waals surface area contributed by atoms with Crippen LogP contribution in [0.1, 0.15) is 124 Å². The van der Waals surface area contributed by atoms with Crippen LogP contribution in [0.5, 0.6) is 0 Å². The Morgan fingerprint density at radius 3 is 1.20 bits per heavy atom. The summed E-state index contributed by atoms with van der Waals surface area (Å²) < 4.78 is 29.3. The van der Waals surface area contributed by atoms with E-state index in [0.29, 0.717) is 6.54 Å². The average molecular weight is 795 g/mol. The van der Waals surface area contributed by atoms with Crippen molar-refractivity contribution in [1.82, 2.24) is 15.1 Å². The monoisotopic (exact) mass is 794 g/mol. The topological polar surface area (TPSA) is 260 Å². The fourth-order valence-electron chi connectivity index (χ4n) is 4.22. The molecule has 0 spiro atoms. The van der Waals surface area contributed by atoms with Gasteiger partial charge in [0.25, 0.3) is 0 Å². The first kappa shape index (κ1) is 52.6. The summed E-state index contributed by atoms with van der Waals surface area (Å²) in [5.41, 5.74) is -0.655. The zero-order chi connectivity index (χ0) is 42.9. The Morgan fingerprint density at radius 1 is 0.545 bits per heavy atom. The molecule has 19 heteroatoms. The number of likely N-dealkylation sites (tertiary alicyclic amines) is 2. The molecule has 2 atom stereocenters. The molecule has 19 nitrogen and oxygen atoms in total. The lowest BCUT2D eigenvalue weighted by atomic mass is 9.99. The van der Waals surface area contributed by atoms with Gasteiger partial charge in [0.15, 0.2) is 5.54 Å². The van der Waals surface area contributed by atoms with E-state index in [-0.39, 0.29) is 39.9 Å². The van der Waals surface area contributed by atoms with Gasteiger partial charge in [0.05, 0.1) is 13.1 Å². The maximum Gasteiger partial charge on any atom is 0.519 e. The Balaban J connectivity index is 0. The minimum atomic E-state index is -1.57. The molecular formula is C36H66N4O15. The number of aliphatic carboxylic acids is 2. The molecule has 2 aliphatic heterocycles. The molecule has 0 aromatic heterocycles. The molecule has 2 heterocycles. The van der Waals surface area contributed by atoms with Crippen molar-refractivity contribution in [1.29, 1.82) is 0 Å². The molecule has 0 aliphatic carbocycles. The molecule has 3 amide bonds. The van der Waals surface area contributed by atoms with E-state index in [4.69, 9.17) is 34.5 Å². The average Bonchev–Trinajstić information content (AvgIpc) is 3.50. The third-order valence-corrected chi connectivity index (χ3v) is 6.39. The van der Waals surface area contributed by atoms with Crippen molar-refractivity contribution >= 4 is 42.5 Å². The molecule has 320 valence electrons. The number of carboxylic acids is 2. The largest absolute Gasteiger partial charge is 0.519 e. The number of nitrogens with zero attached hydrogens (tertiary/aromatic N) is 2. The molecule has 0 bridgehead atoms. The summed E-state index contributed by atoms with van der Waals surface area (Å²) in [7, 11) is 0. The lowest BCUT2D eigenvalue weighted by Gasteiger charge is -2.29. The van der Waals surface area contributed by atoms with Crippen LogP contribution in [0.15, 0.2) is 0 Å². The predicted molar refractivity (Wildman–Crippen MR) is 199 cm³/mol. The first-order valence-electron chi connectivity index (χ1n) is 17.2. The first-order chi connectivity index (χ1) is 23.9. The van der Waals surface area contributed by atoms with Crippen molar-refractivity contribution in [3.8, 4) is 0 Å². The van der Waals surface area contributed by atoms with Gasteiger partial charge in [-0.2, -0.15) is 0 Å². The third-order valence-electron chi connectivity index (χ3n) is 6.39. The Bertz CT molecular complexity index is 1340. The molecular weight excluding hydrogens is 728 g/mol. The van der Waals surface area contributed by atoms with Crippen LogP contribution in [0.3, 0.4) is 0 Å². The van der Waals surface area contributed by atoms with Crippen LogP contribution in [-0.4, -0.2) is 128 Å². The van der Waals surface area contributed by atoms with E-state index < -0.39 is 81.6 Å². The van der Waals surface area contributed by atoms with E-state index in [1.54, 1.807) is 104 Å². The van der Waals surface area contributed by atoms with Crippen molar-refractivity contribution in [2.24, 2.45) is 5.73 Å². The number of hydrogen-bond acceptors (Lipinski definition) is 14. The molecule has 0 radical (unpaired) electrons. The number of carboxylic acid groups (broad SMARTS) is 2. The molecule has 0 aromatic rings. The molecule has 0 aromatic carbocycles. The van der Waals surface area contributed by atoms with Gasteiger partial charge in [-0.1, -0.05) is 7.43 Å². The summed E-state index contributed by atoms with van der Waals surface area (Å²) in [5.74, 6) is -2.30. The number of amides is 3. The van der Waals surface area contributed by atoms with Gasteiger partial charge in [0.1, 0.15) is 33.5 Å². The maximum absolute atomic E-state index is 12.1. The molecule has 5 N–H and O–H groups in total. The van der Waals surface area contributed by atoms with E-state index >= 15 is 0 Å². The Morgan fingerprint density at radius 2 is 0.891 bits per heavy atom. The van der Waals surface area contributed by atoms with E-state index in [1.165, 1.54) is 9.80 Å². The van der Waals surface area contributed by atoms with Gasteiger partial charge < -0.3 is 59.5 Å². The first-order valence-corrected chi connectivity index (χ1v) is 17.2. The van der Waals surface area contributed by atoms with Crippen LogP contribution in [0.25, 0.3) is 0 Å². The quantitative estimate of drug-likeness (QED) is 0.147. The molecule has 2 aliphatic rings. The number of alkyl carbamates (subject to hydrolysis) is 1. The van der Waals surface area contributed by atoms with E-state index in [0.717, 1.165) is 0 Å². The van der Waals surface area contributed by atoms with Gasteiger partial charge in [-0.05, 0) is 110 Å². The number of nitrogens with one attached hydrogen (secondary N) is 1. The van der Waals surface area contributed by atoms with Crippen molar-refractivity contribution in [2.75, 3.05) is 26.2 Å². The Kier molecular flexibility index (Phi) is 18.5. The predicted octanol–water partition coefficient (Wildman–Crippen LogP) is 5.89. The highest BCUT2D eigenvalue weighted by Crippen LogP contribution is 2.25. The summed E-state index contributed by atoms with van der Waals surface area (Å²) in [4.78, 5) is 82.7. The lowest BCUT2D eigenvalue weighted by Crippen LogP contribution is -2.57. The maximum atomic E-state index is 12.1. The molecule has 2 unspecified atom stereocenters. The summed E-state index contributed by atoms with van der Waals surface area (Å²) in [5, 5.41) is 20.8. The highest BCUT2D eigenvalue weighted by atomic mass is 16.8. The van der Waals surface area contributed by atoms with Crippen LogP contribution in [-0.2, 0) is 38.0 Å². The summed E-state index contributed by atoms with van der Waals surface area (Å²) in [6, 6.07) is 0. The highest BCUT2D eigenvalue weighted by Gasteiger charge is 2.49. The normalized spacial score (nSPS) is 19.8. The second-order valence-corrected chi connectivity index (χ2v) is 17.8. The zero-order valence-electron chi connectivity index (χ0n) is 34.4. The molecule has 0 saturated carbocycles. The van der Waals surface area contributed by atoms with Crippen LogP contribution in [0.2, 0.25) is 0 Å². The van der Waals surface area contributed by atoms with Crippen molar-refractivity contribution in [3.05, 3.63) is 0 Å². The van der Waals surface area contributed by atoms with Gasteiger partial charge in [-0.25, -0.2) is 28.8 Å². The van der Waals surface area contributed by atoms with Crippen LogP contribution in [0, 0.1) is 0 Å². The standard InChI is InChI=1S/C15H26N2O6.C10H18N2O4.C10H18O5.CH4/c1-13(2,3)22-11(20)16-15(10(18)19)7-8-17(9-15)12(21)23-14(4,5)6;1-9(2,3)16-8(15)12-5-4-10(11,6-12)7(13)14;1-9(2,3)14-7(11)13-8(12)15-10(4,5)6;/h7-9H2,1-6H3,(H,16,20)(H,18,19);4-6,11H2,1-3H3,(H,13,14);1-6H3;1H4. The zero-order valence-corrected chi connectivity index (χ0v) is 34.4. The fourth-order valence-corrected chi connectivity index (χ4v) is 4.22. The number of hydrogen-bond donors (Lipinski definition) is 4. The third kappa shape index (κ3) is 21.8. The molecule has 55 heavy (non-hydrogen) atoms. The van der Waals surface area contributed by atoms with Crippen LogP contribution < -0.4 is 11.1 Å². The molecule has 2 saturated heterocycles. The van der Waals surface area contributed by atoms with Gasteiger partial charge >= 0.3 is 42.5 Å². The number of rotatable bonds is 3. The summed E-state index contributed by atoms with van der Waals surface area (Å²) in [6.07, 6.45) is -3.73. The summed E-state index contributed by atoms with van der Waals surface area (Å²) >= 11 is 0. The minimum absolute atomic E-state index is 0. The van der Waals surface area contributed by atoms with Crippen molar-refractivity contribution in [3.63, 3.8) is 0 Å². The summed E-state index contributed by atoms with van der Waals surface area (Å²) in [6.45, 7) is 25.8. The number of ether oxygens (including phenoxy) is 6. The Hall–Kier alpha value is -4.55. The van der Waals surface area contributed by atoms with E-state index in [2.05, 4.69) is 10.1 Å². The van der Waals surface area contributed by atoms with E-state index in [1.807, 2.05) is 0 Å². The van der Waals surface area contributed by atoms with Crippen molar-refractivity contribution in [2.45, 2.75) is 163 Å².